The Labute approximate surface area is 87.5 Å². The molecule has 0 bridgehead atoms. The molecule has 2 aromatic carbocycles. The molecule has 14 heavy (non-hydrogen) atoms. The van der Waals surface area contributed by atoms with Gasteiger partial charge in [-0.2, -0.15) is 0 Å². The maximum absolute atomic E-state index is 6.18. The van der Waals surface area contributed by atoms with Crippen molar-refractivity contribution in [2.24, 2.45) is 11.5 Å². The second kappa shape index (κ2) is 3.58. The van der Waals surface area contributed by atoms with Crippen LogP contribution in [0, 0.1) is 0 Å². The second-order valence-corrected chi connectivity index (χ2v) is 3.59. The summed E-state index contributed by atoms with van der Waals surface area (Å²) in [6.07, 6.45) is -0.521. The topological polar surface area (TPSA) is 52.0 Å². The van der Waals surface area contributed by atoms with Gasteiger partial charge in [-0.05, 0) is 5.39 Å². The fraction of sp³-hybridized carbons (Fsp3) is 0.0909. The first-order chi connectivity index (χ1) is 6.70. The van der Waals surface area contributed by atoms with E-state index < -0.39 is 6.17 Å². The lowest BCUT2D eigenvalue weighted by Gasteiger charge is -2.10. The van der Waals surface area contributed by atoms with Crippen molar-refractivity contribution in [3.8, 4) is 0 Å². The van der Waals surface area contributed by atoms with Crippen LogP contribution in [0.4, 0.5) is 0 Å². The Balaban J connectivity index is 2.75. The van der Waals surface area contributed by atoms with E-state index in [-0.39, 0.29) is 0 Å². The molecular weight excluding hydrogens is 196 g/mol. The van der Waals surface area contributed by atoms with Gasteiger partial charge in [-0.3, -0.25) is 0 Å². The average molecular weight is 207 g/mol. The predicted molar refractivity (Wildman–Crippen MR) is 60.1 cm³/mol. The molecule has 0 atom stereocenters. The highest BCUT2D eigenvalue weighted by Crippen LogP contribution is 2.28. The summed E-state index contributed by atoms with van der Waals surface area (Å²) < 4.78 is 0. The molecule has 0 spiro atoms. The number of rotatable bonds is 1. The molecule has 2 aromatic rings. The molecular formula is C11H11ClN2. The SMILES string of the molecule is NC(N)c1ccc2ccccc2c1Cl. The van der Waals surface area contributed by atoms with E-state index in [9.17, 15) is 0 Å². The number of halogens is 1. The molecule has 0 aliphatic rings. The van der Waals surface area contributed by atoms with Crippen molar-refractivity contribution in [2.75, 3.05) is 0 Å². The molecule has 0 saturated heterocycles. The maximum Gasteiger partial charge on any atom is 0.0799 e. The molecule has 0 aromatic heterocycles. The van der Waals surface area contributed by atoms with E-state index in [0.29, 0.717) is 5.02 Å². The van der Waals surface area contributed by atoms with E-state index in [4.69, 9.17) is 23.1 Å². The molecule has 72 valence electrons. The molecule has 0 heterocycles. The van der Waals surface area contributed by atoms with Crippen LogP contribution < -0.4 is 11.5 Å². The van der Waals surface area contributed by atoms with Crippen molar-refractivity contribution in [1.29, 1.82) is 0 Å². The number of hydrogen-bond donors (Lipinski definition) is 2. The van der Waals surface area contributed by atoms with Gasteiger partial charge in [-0.15, -0.1) is 0 Å². The molecule has 2 rings (SSSR count). The Bertz CT molecular complexity index is 466. The Hall–Kier alpha value is -1.09. The van der Waals surface area contributed by atoms with E-state index in [1.54, 1.807) is 0 Å². The third-order valence-corrected chi connectivity index (χ3v) is 2.67. The number of nitrogens with two attached hydrogens (primary N) is 2. The molecule has 0 aliphatic carbocycles. The van der Waals surface area contributed by atoms with Crippen molar-refractivity contribution < 1.29 is 0 Å². The zero-order valence-corrected chi connectivity index (χ0v) is 8.33. The van der Waals surface area contributed by atoms with Crippen LogP contribution in [0.15, 0.2) is 36.4 Å². The first kappa shape index (κ1) is 9.46. The van der Waals surface area contributed by atoms with Crippen LogP contribution >= 0.6 is 11.6 Å². The number of benzene rings is 2. The standard InChI is InChI=1S/C11H11ClN2/c12-10-8-4-2-1-3-7(8)5-6-9(10)11(13)14/h1-6,11H,13-14H2. The summed E-state index contributed by atoms with van der Waals surface area (Å²) in [7, 11) is 0. The van der Waals surface area contributed by atoms with E-state index in [0.717, 1.165) is 16.3 Å². The molecule has 4 N–H and O–H groups in total. The van der Waals surface area contributed by atoms with Gasteiger partial charge in [0.1, 0.15) is 0 Å². The highest BCUT2D eigenvalue weighted by Gasteiger charge is 2.08. The predicted octanol–water partition coefficient (Wildman–Crippen LogP) is 2.41. The molecule has 2 nitrogen and oxygen atoms in total. The van der Waals surface area contributed by atoms with Crippen molar-refractivity contribution in [3.63, 3.8) is 0 Å². The molecule has 0 fully saturated rings. The molecule has 0 saturated carbocycles. The van der Waals surface area contributed by atoms with Gasteiger partial charge in [0.15, 0.2) is 0 Å². The maximum atomic E-state index is 6.18. The fourth-order valence-corrected chi connectivity index (χ4v) is 1.87. The van der Waals surface area contributed by atoms with Gasteiger partial charge in [0.25, 0.3) is 0 Å². The van der Waals surface area contributed by atoms with Crippen LogP contribution in [0.1, 0.15) is 11.7 Å². The van der Waals surface area contributed by atoms with Gasteiger partial charge in [0, 0.05) is 10.9 Å². The minimum atomic E-state index is -0.521. The minimum absolute atomic E-state index is 0.521. The van der Waals surface area contributed by atoms with Gasteiger partial charge in [0.2, 0.25) is 0 Å². The van der Waals surface area contributed by atoms with E-state index >= 15 is 0 Å². The Morgan fingerprint density at radius 1 is 1.00 bits per heavy atom. The summed E-state index contributed by atoms with van der Waals surface area (Å²) in [6.45, 7) is 0. The Morgan fingerprint density at radius 3 is 2.43 bits per heavy atom. The lowest BCUT2D eigenvalue weighted by Crippen LogP contribution is -2.20. The van der Waals surface area contributed by atoms with Crippen LogP contribution in [0.25, 0.3) is 10.8 Å². The third-order valence-electron chi connectivity index (χ3n) is 2.25. The third kappa shape index (κ3) is 1.48. The van der Waals surface area contributed by atoms with Crippen LogP contribution in [-0.4, -0.2) is 0 Å². The van der Waals surface area contributed by atoms with E-state index in [1.165, 1.54) is 0 Å². The number of hydrogen-bond acceptors (Lipinski definition) is 2. The second-order valence-electron chi connectivity index (χ2n) is 3.22. The first-order valence-corrected chi connectivity index (χ1v) is 4.76. The zero-order chi connectivity index (χ0) is 10.1. The summed E-state index contributed by atoms with van der Waals surface area (Å²) >= 11 is 6.18. The summed E-state index contributed by atoms with van der Waals surface area (Å²) in [5.74, 6) is 0. The molecule has 0 radical (unpaired) electrons. The van der Waals surface area contributed by atoms with Gasteiger partial charge < -0.3 is 11.5 Å². The van der Waals surface area contributed by atoms with Gasteiger partial charge >= 0.3 is 0 Å². The van der Waals surface area contributed by atoms with Crippen LogP contribution in [-0.2, 0) is 0 Å². The highest BCUT2D eigenvalue weighted by atomic mass is 35.5. The largest absolute Gasteiger partial charge is 0.312 e. The van der Waals surface area contributed by atoms with E-state index in [2.05, 4.69) is 0 Å². The quantitative estimate of drug-likeness (QED) is 0.704. The molecule has 3 heteroatoms. The lowest BCUT2D eigenvalue weighted by molar-refractivity contribution is 0.775. The summed E-state index contributed by atoms with van der Waals surface area (Å²) in [5.41, 5.74) is 12.0. The molecule has 0 aliphatic heterocycles. The Kier molecular flexibility index (Phi) is 2.42. The monoisotopic (exact) mass is 206 g/mol. The van der Waals surface area contributed by atoms with E-state index in [1.807, 2.05) is 36.4 Å². The lowest BCUT2D eigenvalue weighted by atomic mass is 10.1. The summed E-state index contributed by atoms with van der Waals surface area (Å²) in [6, 6.07) is 11.7. The average Bonchev–Trinajstić information content (AvgIpc) is 2.18. The minimum Gasteiger partial charge on any atom is -0.312 e. The van der Waals surface area contributed by atoms with Crippen molar-refractivity contribution in [2.45, 2.75) is 6.17 Å². The van der Waals surface area contributed by atoms with Crippen LogP contribution in [0.5, 0.6) is 0 Å². The highest BCUT2D eigenvalue weighted by molar-refractivity contribution is 6.36. The van der Waals surface area contributed by atoms with Gasteiger partial charge in [0.05, 0.1) is 11.2 Å². The fourth-order valence-electron chi connectivity index (χ4n) is 1.51. The van der Waals surface area contributed by atoms with Crippen molar-refractivity contribution >= 4 is 22.4 Å². The first-order valence-electron chi connectivity index (χ1n) is 4.38. The molecule has 0 unspecified atom stereocenters. The number of fused-ring (bicyclic) bond motifs is 1. The van der Waals surface area contributed by atoms with Crippen LogP contribution in [0.3, 0.4) is 0 Å². The van der Waals surface area contributed by atoms with Crippen molar-refractivity contribution in [1.82, 2.24) is 0 Å². The van der Waals surface area contributed by atoms with Gasteiger partial charge in [-0.1, -0.05) is 48.0 Å². The smallest absolute Gasteiger partial charge is 0.0799 e. The van der Waals surface area contributed by atoms with Crippen LogP contribution in [0.2, 0.25) is 5.02 Å². The normalized spacial score (nSPS) is 11.1. The Morgan fingerprint density at radius 2 is 1.71 bits per heavy atom. The summed E-state index contributed by atoms with van der Waals surface area (Å²) in [4.78, 5) is 0. The zero-order valence-electron chi connectivity index (χ0n) is 7.57. The van der Waals surface area contributed by atoms with Gasteiger partial charge in [-0.25, -0.2) is 0 Å². The van der Waals surface area contributed by atoms with Crippen molar-refractivity contribution in [3.05, 3.63) is 47.0 Å². The summed E-state index contributed by atoms with van der Waals surface area (Å²) in [5, 5.41) is 2.74. The molecule has 0 amide bonds.